The van der Waals surface area contributed by atoms with Gasteiger partial charge in [-0.2, -0.15) is 0 Å². The van der Waals surface area contributed by atoms with Gasteiger partial charge in [-0.15, -0.1) is 11.3 Å². The Balaban J connectivity index is 1.37. The van der Waals surface area contributed by atoms with Crippen LogP contribution >= 0.6 is 11.3 Å². The molecule has 0 saturated carbocycles. The van der Waals surface area contributed by atoms with Crippen LogP contribution in [0.1, 0.15) is 34.6 Å². The molecule has 210 valence electrons. The lowest BCUT2D eigenvalue weighted by atomic mass is 9.87. The summed E-state index contributed by atoms with van der Waals surface area (Å²) in [5.74, 6) is 0.682. The molecule has 6 aromatic carbocycles. The van der Waals surface area contributed by atoms with Gasteiger partial charge in [0.1, 0.15) is 12.2 Å². The van der Waals surface area contributed by atoms with Crippen molar-refractivity contribution in [1.82, 2.24) is 14.5 Å². The Labute approximate surface area is 261 Å². The second-order valence-corrected chi connectivity index (χ2v) is 13.0. The molecule has 0 radical (unpaired) electrons. The molecule has 4 nitrogen and oxygen atoms in total. The summed E-state index contributed by atoms with van der Waals surface area (Å²) in [7, 11) is 0. The maximum atomic E-state index is 6.87. The average molecular weight is 594 g/mol. The van der Waals surface area contributed by atoms with E-state index in [0.717, 1.165) is 27.9 Å². The Bertz CT molecular complexity index is 2710. The topological polar surface area (TPSA) is 39.9 Å². The summed E-state index contributed by atoms with van der Waals surface area (Å²) in [6.45, 7) is 0. The predicted octanol–water partition coefficient (Wildman–Crippen LogP) is 10.3. The molecule has 9 aromatic rings. The highest BCUT2D eigenvalue weighted by Crippen LogP contribution is 2.60. The average Bonchev–Trinajstić information content (AvgIpc) is 3.86. The van der Waals surface area contributed by atoms with Gasteiger partial charge in [0.05, 0.1) is 27.1 Å². The molecule has 0 amide bonds. The molecule has 0 saturated heterocycles. The second kappa shape index (κ2) is 8.63. The molecule has 0 fully saturated rings. The van der Waals surface area contributed by atoms with Crippen molar-refractivity contribution in [2.45, 2.75) is 12.2 Å². The quantitative estimate of drug-likeness (QED) is 0.200. The van der Waals surface area contributed by atoms with Gasteiger partial charge in [0, 0.05) is 37.4 Å². The van der Waals surface area contributed by atoms with E-state index < -0.39 is 0 Å². The fraction of sp³-hybridized carbons (Fsp3) is 0.0500. The van der Waals surface area contributed by atoms with Gasteiger partial charge in [-0.25, -0.2) is 9.97 Å². The normalized spacial score (nSPS) is 16.8. The van der Waals surface area contributed by atoms with Crippen LogP contribution in [0.15, 0.2) is 127 Å². The summed E-state index contributed by atoms with van der Waals surface area (Å²) in [6.07, 6.45) is -0.318. The standard InChI is InChI=1S/C40H23N3OS/c1-2-12-22(13-3-1)34-27-18-8-10-20-29(27)41-40(42-34)43-35-33(37-25-16-6-7-17-26(25)38(35)44-37)32-24-15-5-4-14-23(24)31-28-19-9-11-21-30(28)45-39(31)36(32)43/h1-21,37-38H. The number of fused-ring (bicyclic) bond motifs is 18. The zero-order chi connectivity index (χ0) is 29.2. The van der Waals surface area contributed by atoms with Crippen molar-refractivity contribution in [1.29, 1.82) is 0 Å². The van der Waals surface area contributed by atoms with Gasteiger partial charge >= 0.3 is 0 Å². The van der Waals surface area contributed by atoms with Crippen molar-refractivity contribution < 1.29 is 4.74 Å². The van der Waals surface area contributed by atoms with E-state index >= 15 is 0 Å². The summed E-state index contributed by atoms with van der Waals surface area (Å²) in [4.78, 5) is 10.7. The molecule has 2 aliphatic rings. The van der Waals surface area contributed by atoms with Crippen LogP contribution < -0.4 is 0 Å². The second-order valence-electron chi connectivity index (χ2n) is 12.0. The minimum atomic E-state index is -0.188. The van der Waals surface area contributed by atoms with E-state index in [1.54, 1.807) is 0 Å². The molecular formula is C40H23N3OS. The van der Waals surface area contributed by atoms with Crippen LogP contribution in [-0.2, 0) is 4.74 Å². The van der Waals surface area contributed by atoms with Crippen LogP contribution in [-0.4, -0.2) is 14.5 Å². The lowest BCUT2D eigenvalue weighted by molar-refractivity contribution is 0.0837. The van der Waals surface area contributed by atoms with Gasteiger partial charge in [-0.05, 0) is 34.0 Å². The number of hydrogen-bond donors (Lipinski definition) is 0. The summed E-state index contributed by atoms with van der Waals surface area (Å²) in [6, 6.07) is 45.2. The smallest absolute Gasteiger partial charge is 0.235 e. The van der Waals surface area contributed by atoms with Gasteiger partial charge in [-0.1, -0.05) is 115 Å². The summed E-state index contributed by atoms with van der Waals surface area (Å²) in [5.41, 5.74) is 9.01. The van der Waals surface area contributed by atoms with Crippen LogP contribution in [0, 0.1) is 0 Å². The van der Waals surface area contributed by atoms with Crippen molar-refractivity contribution >= 4 is 64.1 Å². The Kier molecular flexibility index (Phi) is 4.61. The lowest BCUT2D eigenvalue weighted by Gasteiger charge is -2.17. The largest absolute Gasteiger partial charge is 0.354 e. The molecule has 5 heteroatoms. The third-order valence-electron chi connectivity index (χ3n) is 9.71. The maximum Gasteiger partial charge on any atom is 0.235 e. The molecule has 45 heavy (non-hydrogen) atoms. The molecule has 0 spiro atoms. The number of benzene rings is 6. The number of ether oxygens (including phenoxy) is 1. The third kappa shape index (κ3) is 3.04. The van der Waals surface area contributed by atoms with Gasteiger partial charge < -0.3 is 4.74 Å². The zero-order valence-corrected chi connectivity index (χ0v) is 24.8. The number of para-hydroxylation sites is 1. The highest BCUT2D eigenvalue weighted by atomic mass is 32.1. The minimum absolute atomic E-state index is 0.130. The van der Waals surface area contributed by atoms with Gasteiger partial charge in [0.2, 0.25) is 5.95 Å². The lowest BCUT2D eigenvalue weighted by Crippen LogP contribution is -2.11. The van der Waals surface area contributed by atoms with Gasteiger partial charge in [-0.3, -0.25) is 4.57 Å². The predicted molar refractivity (Wildman–Crippen MR) is 183 cm³/mol. The molecule has 2 bridgehead atoms. The van der Waals surface area contributed by atoms with Crippen molar-refractivity contribution in [3.63, 3.8) is 0 Å². The first kappa shape index (κ1) is 24.0. The number of thiophene rings is 1. The Hall–Kier alpha value is -5.36. The van der Waals surface area contributed by atoms with E-state index in [2.05, 4.69) is 132 Å². The number of nitrogens with zero attached hydrogens (tertiary/aromatic N) is 3. The van der Waals surface area contributed by atoms with Gasteiger partial charge in [0.15, 0.2) is 0 Å². The minimum Gasteiger partial charge on any atom is -0.354 e. The molecule has 2 atom stereocenters. The van der Waals surface area contributed by atoms with E-state index in [-0.39, 0.29) is 12.2 Å². The highest BCUT2D eigenvalue weighted by molar-refractivity contribution is 7.27. The monoisotopic (exact) mass is 593 g/mol. The van der Waals surface area contributed by atoms with Crippen LogP contribution in [0.2, 0.25) is 0 Å². The maximum absolute atomic E-state index is 6.87. The van der Waals surface area contributed by atoms with Crippen LogP contribution in [0.4, 0.5) is 0 Å². The first-order chi connectivity index (χ1) is 22.3. The Morgan fingerprint density at radius 3 is 2.04 bits per heavy atom. The number of hydrogen-bond acceptors (Lipinski definition) is 4. The SMILES string of the molecule is c1ccc(-c2nc(-n3c4c(c5c6ccccc6c6c7ccccc7sc6c53)C3OC4c4ccccc43)nc3ccccc23)cc1. The first-order valence-electron chi connectivity index (χ1n) is 15.3. The molecule has 3 aromatic heterocycles. The third-order valence-corrected chi connectivity index (χ3v) is 10.9. The van der Waals surface area contributed by atoms with Crippen molar-refractivity contribution in [2.75, 3.05) is 0 Å². The molecule has 5 heterocycles. The first-order valence-corrected chi connectivity index (χ1v) is 16.1. The summed E-state index contributed by atoms with van der Waals surface area (Å²) in [5, 5.41) is 7.40. The molecule has 0 N–H and O–H groups in total. The zero-order valence-electron chi connectivity index (χ0n) is 23.9. The van der Waals surface area contributed by atoms with Crippen LogP contribution in [0.25, 0.3) is 70.0 Å². The molecule has 2 aliphatic heterocycles. The molecule has 0 aliphatic carbocycles. The molecule has 11 rings (SSSR count). The van der Waals surface area contributed by atoms with E-state index in [4.69, 9.17) is 14.7 Å². The van der Waals surface area contributed by atoms with E-state index in [1.165, 1.54) is 58.5 Å². The summed E-state index contributed by atoms with van der Waals surface area (Å²) >= 11 is 1.87. The van der Waals surface area contributed by atoms with Crippen molar-refractivity contribution in [3.05, 3.63) is 150 Å². The van der Waals surface area contributed by atoms with E-state index in [1.807, 2.05) is 11.3 Å². The summed E-state index contributed by atoms with van der Waals surface area (Å²) < 4.78 is 11.8. The van der Waals surface area contributed by atoms with E-state index in [9.17, 15) is 0 Å². The van der Waals surface area contributed by atoms with Crippen LogP contribution in [0.5, 0.6) is 0 Å². The highest BCUT2D eigenvalue weighted by Gasteiger charge is 2.48. The van der Waals surface area contributed by atoms with Gasteiger partial charge in [0.25, 0.3) is 0 Å². The molecular weight excluding hydrogens is 571 g/mol. The molecule has 2 unspecified atom stereocenters. The van der Waals surface area contributed by atoms with Crippen LogP contribution in [0.3, 0.4) is 0 Å². The fourth-order valence-electron chi connectivity index (χ4n) is 7.91. The van der Waals surface area contributed by atoms with E-state index in [0.29, 0.717) is 5.95 Å². The van der Waals surface area contributed by atoms with Crippen molar-refractivity contribution in [3.8, 4) is 17.2 Å². The number of aromatic nitrogens is 3. The Morgan fingerprint density at radius 2 is 1.22 bits per heavy atom. The number of rotatable bonds is 2. The van der Waals surface area contributed by atoms with Crippen molar-refractivity contribution in [2.24, 2.45) is 0 Å². The Morgan fingerprint density at radius 1 is 0.578 bits per heavy atom. The fourth-order valence-corrected chi connectivity index (χ4v) is 9.17.